The smallest absolute Gasteiger partial charge is 0.308 e. The largest absolute Gasteiger partial charge is 0.497 e. The van der Waals surface area contributed by atoms with E-state index in [4.69, 9.17) is 18.9 Å². The number of hydrogen-bond donors (Lipinski definition) is 0. The third kappa shape index (κ3) is 3.87. The fourth-order valence-electron chi connectivity index (χ4n) is 2.98. The van der Waals surface area contributed by atoms with Crippen LogP contribution in [0.5, 0.6) is 23.0 Å². The average molecular weight is 342 g/mol. The van der Waals surface area contributed by atoms with Crippen molar-refractivity contribution >= 4 is 5.97 Å². The molecule has 0 amide bonds. The number of hydrogen-bond acceptors (Lipinski definition) is 5. The molecule has 0 N–H and O–H groups in total. The molecule has 0 spiro atoms. The lowest BCUT2D eigenvalue weighted by Crippen LogP contribution is -2.17. The van der Waals surface area contributed by atoms with Gasteiger partial charge >= 0.3 is 5.97 Å². The molecule has 5 heteroatoms. The summed E-state index contributed by atoms with van der Waals surface area (Å²) >= 11 is 0. The van der Waals surface area contributed by atoms with Crippen molar-refractivity contribution in [3.05, 3.63) is 47.5 Å². The molecule has 5 nitrogen and oxygen atoms in total. The Bertz CT molecular complexity index is 769. The van der Waals surface area contributed by atoms with Crippen molar-refractivity contribution < 1.29 is 23.7 Å². The van der Waals surface area contributed by atoms with Crippen molar-refractivity contribution in [3.63, 3.8) is 0 Å². The molecule has 1 aliphatic heterocycles. The summed E-state index contributed by atoms with van der Waals surface area (Å²) in [6.07, 6.45) is 1.50. The van der Waals surface area contributed by atoms with Gasteiger partial charge in [-0.2, -0.15) is 0 Å². The molecule has 3 rings (SSSR count). The molecule has 0 bridgehead atoms. The van der Waals surface area contributed by atoms with Crippen LogP contribution in [0.2, 0.25) is 0 Å². The number of methoxy groups -OCH3 is 1. The molecule has 2 aromatic rings. The molecule has 0 radical (unpaired) electrons. The predicted octanol–water partition coefficient (Wildman–Crippen LogP) is 4.09. The number of carbonyl (C=O) groups is 1. The van der Waals surface area contributed by atoms with Gasteiger partial charge in [0.1, 0.15) is 29.1 Å². The second-order valence-electron chi connectivity index (χ2n) is 5.85. The highest BCUT2D eigenvalue weighted by Gasteiger charge is 2.25. The highest BCUT2D eigenvalue weighted by atomic mass is 16.5. The minimum absolute atomic E-state index is 0.190. The first kappa shape index (κ1) is 17.1. The van der Waals surface area contributed by atoms with E-state index in [2.05, 4.69) is 0 Å². The lowest BCUT2D eigenvalue weighted by atomic mass is 9.96. The molecule has 1 unspecified atom stereocenters. The molecular formula is C20H22O5. The van der Waals surface area contributed by atoms with Gasteiger partial charge in [0.15, 0.2) is 0 Å². The fourth-order valence-corrected chi connectivity index (χ4v) is 2.98. The van der Waals surface area contributed by atoms with Crippen molar-refractivity contribution in [2.45, 2.75) is 32.8 Å². The van der Waals surface area contributed by atoms with Crippen molar-refractivity contribution in [3.8, 4) is 23.0 Å². The minimum Gasteiger partial charge on any atom is -0.497 e. The van der Waals surface area contributed by atoms with E-state index in [1.165, 1.54) is 6.92 Å². The Hall–Kier alpha value is -2.69. The van der Waals surface area contributed by atoms with E-state index in [1.807, 2.05) is 37.3 Å². The van der Waals surface area contributed by atoms with Crippen LogP contribution in [-0.4, -0.2) is 19.7 Å². The normalized spacial score (nSPS) is 15.7. The molecule has 25 heavy (non-hydrogen) atoms. The zero-order chi connectivity index (χ0) is 17.8. The third-order valence-corrected chi connectivity index (χ3v) is 4.12. The van der Waals surface area contributed by atoms with Crippen LogP contribution in [0.1, 0.15) is 37.5 Å². The van der Waals surface area contributed by atoms with Gasteiger partial charge in [-0.15, -0.1) is 0 Å². The lowest BCUT2D eigenvalue weighted by molar-refractivity contribution is -0.132. The first-order valence-corrected chi connectivity index (χ1v) is 8.39. The quantitative estimate of drug-likeness (QED) is 0.605. The van der Waals surface area contributed by atoms with E-state index < -0.39 is 0 Å². The highest BCUT2D eigenvalue weighted by Crippen LogP contribution is 2.40. The van der Waals surface area contributed by atoms with Gasteiger partial charge in [-0.1, -0.05) is 6.07 Å². The Kier molecular flexibility index (Phi) is 5.12. The van der Waals surface area contributed by atoms with Gasteiger partial charge in [-0.05, 0) is 43.5 Å². The predicted molar refractivity (Wildman–Crippen MR) is 93.6 cm³/mol. The molecule has 0 aliphatic carbocycles. The van der Waals surface area contributed by atoms with Crippen molar-refractivity contribution in [2.24, 2.45) is 0 Å². The van der Waals surface area contributed by atoms with Crippen molar-refractivity contribution in [1.29, 1.82) is 0 Å². The molecule has 0 saturated heterocycles. The zero-order valence-corrected chi connectivity index (χ0v) is 14.7. The van der Waals surface area contributed by atoms with E-state index >= 15 is 0 Å². The summed E-state index contributed by atoms with van der Waals surface area (Å²) < 4.78 is 22.3. The van der Waals surface area contributed by atoms with Crippen molar-refractivity contribution in [1.82, 2.24) is 0 Å². The summed E-state index contributed by atoms with van der Waals surface area (Å²) in [6, 6.07) is 11.4. The van der Waals surface area contributed by atoms with Gasteiger partial charge in [0.2, 0.25) is 0 Å². The summed E-state index contributed by atoms with van der Waals surface area (Å²) in [7, 11) is 1.63. The van der Waals surface area contributed by atoms with Gasteiger partial charge in [0.25, 0.3) is 0 Å². The molecule has 132 valence electrons. The van der Waals surface area contributed by atoms with Gasteiger partial charge in [0, 0.05) is 24.6 Å². The Morgan fingerprint density at radius 2 is 2.00 bits per heavy atom. The maximum atomic E-state index is 11.5. The summed E-state index contributed by atoms with van der Waals surface area (Å²) in [5, 5.41) is 0. The minimum atomic E-state index is -0.368. The number of aryl methyl sites for hydroxylation is 1. The van der Waals surface area contributed by atoms with E-state index in [0.717, 1.165) is 35.5 Å². The molecule has 0 aromatic heterocycles. The zero-order valence-electron chi connectivity index (χ0n) is 14.7. The van der Waals surface area contributed by atoms with Crippen LogP contribution in [0.3, 0.4) is 0 Å². The van der Waals surface area contributed by atoms with Crippen LogP contribution in [-0.2, 0) is 11.2 Å². The van der Waals surface area contributed by atoms with E-state index in [0.29, 0.717) is 18.1 Å². The number of fused-ring (bicyclic) bond motifs is 1. The SMILES string of the molecule is CCOc1ccc(C2CCc3ccc(OC)cc3O2)c(OC(C)=O)c1. The molecule has 1 aliphatic rings. The van der Waals surface area contributed by atoms with Crippen LogP contribution in [0.25, 0.3) is 0 Å². The summed E-state index contributed by atoms with van der Waals surface area (Å²) in [5.41, 5.74) is 1.99. The topological polar surface area (TPSA) is 54.0 Å². The van der Waals surface area contributed by atoms with Crippen LogP contribution in [0, 0.1) is 0 Å². The first-order chi connectivity index (χ1) is 12.1. The number of carbonyl (C=O) groups excluding carboxylic acids is 1. The molecule has 0 fully saturated rings. The number of benzene rings is 2. The Labute approximate surface area is 147 Å². The van der Waals surface area contributed by atoms with E-state index in [-0.39, 0.29) is 12.1 Å². The standard InChI is InChI=1S/C20H22O5/c1-4-23-16-8-9-17(20(12-16)24-13(2)21)18-10-6-14-5-7-15(22-3)11-19(14)25-18/h5,7-9,11-12,18H,4,6,10H2,1-3H3. The second-order valence-corrected chi connectivity index (χ2v) is 5.85. The Balaban J connectivity index is 1.91. The molecule has 1 heterocycles. The first-order valence-electron chi connectivity index (χ1n) is 8.39. The monoisotopic (exact) mass is 342 g/mol. The summed E-state index contributed by atoms with van der Waals surface area (Å²) in [6.45, 7) is 3.85. The highest BCUT2D eigenvalue weighted by molar-refractivity contribution is 5.70. The Morgan fingerprint density at radius 1 is 1.20 bits per heavy atom. The lowest BCUT2D eigenvalue weighted by Gasteiger charge is -2.28. The van der Waals surface area contributed by atoms with Crippen molar-refractivity contribution in [2.75, 3.05) is 13.7 Å². The van der Waals surface area contributed by atoms with Crippen LogP contribution < -0.4 is 18.9 Å². The maximum absolute atomic E-state index is 11.5. The summed E-state index contributed by atoms with van der Waals surface area (Å²) in [5.74, 6) is 2.34. The van der Waals surface area contributed by atoms with Gasteiger partial charge in [-0.3, -0.25) is 4.79 Å². The number of rotatable bonds is 5. The fraction of sp³-hybridized carbons (Fsp3) is 0.350. The number of ether oxygens (including phenoxy) is 4. The average Bonchev–Trinajstić information content (AvgIpc) is 2.61. The molecule has 2 aromatic carbocycles. The molecule has 0 saturated carbocycles. The van der Waals surface area contributed by atoms with Gasteiger partial charge < -0.3 is 18.9 Å². The van der Waals surface area contributed by atoms with E-state index in [9.17, 15) is 4.79 Å². The maximum Gasteiger partial charge on any atom is 0.308 e. The summed E-state index contributed by atoms with van der Waals surface area (Å²) in [4.78, 5) is 11.5. The van der Waals surface area contributed by atoms with Crippen LogP contribution >= 0.6 is 0 Å². The van der Waals surface area contributed by atoms with Gasteiger partial charge in [0.05, 0.1) is 13.7 Å². The Morgan fingerprint density at radius 3 is 2.72 bits per heavy atom. The second kappa shape index (κ2) is 7.47. The van der Waals surface area contributed by atoms with E-state index in [1.54, 1.807) is 13.2 Å². The third-order valence-electron chi connectivity index (χ3n) is 4.12. The molecule has 1 atom stereocenters. The van der Waals surface area contributed by atoms with Gasteiger partial charge in [-0.25, -0.2) is 0 Å². The van der Waals surface area contributed by atoms with Crippen LogP contribution in [0.15, 0.2) is 36.4 Å². The molecular weight excluding hydrogens is 320 g/mol. The van der Waals surface area contributed by atoms with Crippen LogP contribution in [0.4, 0.5) is 0 Å². The number of esters is 1.